The number of rotatable bonds is 19. The summed E-state index contributed by atoms with van der Waals surface area (Å²) in [7, 11) is 1.90. The van der Waals surface area contributed by atoms with Crippen molar-refractivity contribution in [1.82, 2.24) is 4.90 Å². The minimum atomic E-state index is -2.47. The molecular formula is C31H63NO3Sn. The topological polar surface area (TPSA) is 38.8 Å². The van der Waals surface area contributed by atoms with Crippen molar-refractivity contribution in [3.05, 3.63) is 12.2 Å². The summed E-state index contributed by atoms with van der Waals surface area (Å²) in [4.78, 5) is 14.9. The number of carbonyl (C=O) groups excluding carboxylic acids is 1. The van der Waals surface area contributed by atoms with Crippen LogP contribution >= 0.6 is 0 Å². The van der Waals surface area contributed by atoms with E-state index in [-0.39, 0.29) is 18.2 Å². The van der Waals surface area contributed by atoms with Gasteiger partial charge < -0.3 is 0 Å². The molecule has 0 saturated carbocycles. The van der Waals surface area contributed by atoms with Gasteiger partial charge in [0, 0.05) is 0 Å². The Morgan fingerprint density at radius 1 is 0.889 bits per heavy atom. The Morgan fingerprint density at radius 3 is 1.78 bits per heavy atom. The zero-order valence-corrected chi connectivity index (χ0v) is 29.0. The average molecular weight is 617 g/mol. The first-order chi connectivity index (χ1) is 16.8. The molecule has 0 aromatic heterocycles. The van der Waals surface area contributed by atoms with Crippen LogP contribution in [0.2, 0.25) is 13.3 Å². The van der Waals surface area contributed by atoms with Gasteiger partial charge in [0.2, 0.25) is 0 Å². The fourth-order valence-electron chi connectivity index (χ4n) is 4.76. The molecule has 0 heterocycles. The Morgan fingerprint density at radius 2 is 1.39 bits per heavy atom. The van der Waals surface area contributed by atoms with Gasteiger partial charge in [0.15, 0.2) is 0 Å². The van der Waals surface area contributed by atoms with E-state index < -0.39 is 24.0 Å². The van der Waals surface area contributed by atoms with Gasteiger partial charge in [-0.05, 0) is 0 Å². The Labute approximate surface area is 230 Å². The van der Waals surface area contributed by atoms with E-state index in [4.69, 9.17) is 9.47 Å². The number of carbonyl (C=O) groups is 1. The summed E-state index contributed by atoms with van der Waals surface area (Å²) in [5.74, 6) is 1.06. The summed E-state index contributed by atoms with van der Waals surface area (Å²) in [5, 5.41) is 0. The monoisotopic (exact) mass is 617 g/mol. The quantitative estimate of drug-likeness (QED) is 0.107. The zero-order valence-electron chi connectivity index (χ0n) is 26.1. The molecular weight excluding hydrogens is 553 g/mol. The van der Waals surface area contributed by atoms with Crippen LogP contribution in [0.15, 0.2) is 12.2 Å². The fourth-order valence-corrected chi connectivity index (χ4v) is 19.1. The van der Waals surface area contributed by atoms with Gasteiger partial charge in [-0.1, -0.05) is 0 Å². The van der Waals surface area contributed by atoms with Crippen LogP contribution in [-0.4, -0.2) is 58.8 Å². The van der Waals surface area contributed by atoms with Gasteiger partial charge in [0.25, 0.3) is 0 Å². The summed E-state index contributed by atoms with van der Waals surface area (Å²) >= 11 is -2.47. The number of amides is 1. The van der Waals surface area contributed by atoms with E-state index >= 15 is 0 Å². The fraction of sp³-hybridized carbons (Fsp3) is 0.903. The molecule has 0 aliphatic carbocycles. The van der Waals surface area contributed by atoms with Gasteiger partial charge in [0.1, 0.15) is 0 Å². The zero-order chi connectivity index (χ0) is 27.8. The van der Waals surface area contributed by atoms with E-state index in [1.807, 2.05) is 32.7 Å². The molecule has 0 aromatic rings. The number of likely N-dealkylation sites (N-methyl/N-ethyl adjacent to an activating group) is 1. The van der Waals surface area contributed by atoms with Crippen LogP contribution in [0.4, 0.5) is 4.79 Å². The van der Waals surface area contributed by atoms with Crippen molar-refractivity contribution in [2.75, 3.05) is 11.7 Å². The van der Waals surface area contributed by atoms with Crippen LogP contribution in [0.1, 0.15) is 121 Å². The van der Waals surface area contributed by atoms with Crippen LogP contribution in [0.5, 0.6) is 0 Å². The van der Waals surface area contributed by atoms with E-state index in [2.05, 4.69) is 60.6 Å². The van der Waals surface area contributed by atoms with Crippen molar-refractivity contribution >= 4 is 24.5 Å². The molecule has 0 saturated heterocycles. The molecule has 214 valence electrons. The molecule has 0 rings (SSSR count). The van der Waals surface area contributed by atoms with E-state index in [9.17, 15) is 4.79 Å². The summed E-state index contributed by atoms with van der Waals surface area (Å²) < 4.78 is 18.1. The molecule has 0 N–H and O–H groups in total. The predicted octanol–water partition coefficient (Wildman–Crippen LogP) is 9.64. The molecule has 0 radical (unpaired) electrons. The number of hydrogen-bond donors (Lipinski definition) is 0. The molecule has 4 nitrogen and oxygen atoms in total. The summed E-state index contributed by atoms with van der Waals surface area (Å²) in [6, 6.07) is -0.0317. The van der Waals surface area contributed by atoms with Gasteiger partial charge in [0.05, 0.1) is 0 Å². The third kappa shape index (κ3) is 15.9. The second-order valence-electron chi connectivity index (χ2n) is 12.9. The molecule has 36 heavy (non-hydrogen) atoms. The molecule has 5 heteroatoms. The van der Waals surface area contributed by atoms with Crippen LogP contribution in [0.3, 0.4) is 0 Å². The number of nitrogens with zero attached hydrogens (tertiary/aromatic N) is 1. The molecule has 2 atom stereocenters. The van der Waals surface area contributed by atoms with Crippen molar-refractivity contribution < 1.29 is 14.3 Å². The number of unbranched alkanes of at least 4 members (excludes halogenated alkanes) is 3. The van der Waals surface area contributed by atoms with Gasteiger partial charge in [-0.3, -0.25) is 0 Å². The summed E-state index contributed by atoms with van der Waals surface area (Å²) in [5.41, 5.74) is -0.510. The third-order valence-electron chi connectivity index (χ3n) is 6.97. The van der Waals surface area contributed by atoms with Gasteiger partial charge >= 0.3 is 231 Å². The molecule has 0 fully saturated rings. The number of allylic oxidation sites excluding steroid dienone is 1. The molecule has 0 unspecified atom stereocenters. The predicted molar refractivity (Wildman–Crippen MR) is 160 cm³/mol. The Bertz CT molecular complexity index is 575. The van der Waals surface area contributed by atoms with Crippen molar-refractivity contribution in [2.45, 2.75) is 152 Å². The van der Waals surface area contributed by atoms with Gasteiger partial charge in [-0.2, -0.15) is 0 Å². The van der Waals surface area contributed by atoms with E-state index in [1.165, 1.54) is 51.8 Å². The number of ether oxygens (including phenoxy) is 2. The molecule has 0 bridgehead atoms. The van der Waals surface area contributed by atoms with E-state index in [0.29, 0.717) is 11.8 Å². The molecule has 0 aliphatic heterocycles. The first-order valence-corrected chi connectivity index (χ1v) is 23.1. The average Bonchev–Trinajstić information content (AvgIpc) is 2.78. The Kier molecular flexibility index (Phi) is 18.8. The molecule has 0 aromatic carbocycles. The molecule has 1 amide bonds. The van der Waals surface area contributed by atoms with E-state index in [1.54, 1.807) is 0 Å². The van der Waals surface area contributed by atoms with Crippen molar-refractivity contribution in [2.24, 2.45) is 11.8 Å². The minimum absolute atomic E-state index is 0.0317. The van der Waals surface area contributed by atoms with Crippen molar-refractivity contribution in [1.29, 1.82) is 0 Å². The normalized spacial score (nSPS) is 14.6. The third-order valence-corrected chi connectivity index (χ3v) is 21.3. The van der Waals surface area contributed by atoms with Crippen molar-refractivity contribution in [3.63, 3.8) is 0 Å². The van der Waals surface area contributed by atoms with Crippen LogP contribution in [-0.2, 0) is 9.47 Å². The maximum absolute atomic E-state index is 13.1. The molecule has 0 spiro atoms. The van der Waals surface area contributed by atoms with Gasteiger partial charge in [-0.15, -0.1) is 0 Å². The Balaban J connectivity index is 6.11. The number of hydrogen-bond acceptors (Lipinski definition) is 3. The summed E-state index contributed by atoms with van der Waals surface area (Å²) in [6.07, 6.45) is 14.0. The SMILES string of the molecule is CCC[CH2][Sn]([CH2]CCC)([CH2]CCC)[CH2]O[C@@H](/C=C\CC(C)C)[C@H](CC(C)C)N(C)C(=O)OC(C)(C)C. The van der Waals surface area contributed by atoms with Crippen LogP contribution in [0.25, 0.3) is 0 Å². The standard InChI is InChI=1S/C19H36NO3.3C4H9.Sn/c1-14(2)11-10-12-17(22-9)16(13-15(3)4)20(8)18(21)23-19(5,6)7;3*1-3-4-2;/h10,12,14-17H,9,11,13H2,1-8H3;3*1,3-4H2,2H3;/b12-10-;;;;/t16-,17-;;;;/m0..../s1. The molecule has 0 aliphatic rings. The van der Waals surface area contributed by atoms with Gasteiger partial charge in [-0.25, -0.2) is 0 Å². The second kappa shape index (κ2) is 18.9. The second-order valence-corrected chi connectivity index (χ2v) is 26.6. The van der Waals surface area contributed by atoms with Crippen molar-refractivity contribution in [3.8, 4) is 0 Å². The van der Waals surface area contributed by atoms with Crippen LogP contribution < -0.4 is 0 Å². The maximum atomic E-state index is 13.1. The first kappa shape index (κ1) is 35.8. The summed E-state index contributed by atoms with van der Waals surface area (Å²) in [6.45, 7) is 21.7. The van der Waals surface area contributed by atoms with Crippen LogP contribution in [0, 0.1) is 11.8 Å². The first-order valence-electron chi connectivity index (χ1n) is 15.0. The Hall–Kier alpha value is -0.231. The van der Waals surface area contributed by atoms with E-state index in [0.717, 1.165) is 17.5 Å².